The molecule has 30 heavy (non-hydrogen) atoms. The number of likely N-dealkylation sites (tertiary alicyclic amines) is 1. The molecule has 1 heterocycles. The van der Waals surface area contributed by atoms with Gasteiger partial charge >= 0.3 is 0 Å². The minimum Gasteiger partial charge on any atom is -0.348 e. The first-order valence-corrected chi connectivity index (χ1v) is 10.5. The molecule has 0 spiro atoms. The van der Waals surface area contributed by atoms with Crippen molar-refractivity contribution in [2.24, 2.45) is 0 Å². The second-order valence-electron chi connectivity index (χ2n) is 7.79. The van der Waals surface area contributed by atoms with Crippen LogP contribution in [-0.4, -0.2) is 19.0 Å². The summed E-state index contributed by atoms with van der Waals surface area (Å²) in [4.78, 5) is 14.7. The molecular formula is C26H26N3O+. The van der Waals surface area contributed by atoms with Gasteiger partial charge in [0.1, 0.15) is 6.54 Å². The molecule has 150 valence electrons. The first-order valence-electron chi connectivity index (χ1n) is 10.5. The third kappa shape index (κ3) is 4.42. The Balaban J connectivity index is 1.53. The van der Waals surface area contributed by atoms with Gasteiger partial charge < -0.3 is 10.2 Å². The number of nitriles is 1. The Morgan fingerprint density at radius 3 is 2.27 bits per heavy atom. The molecule has 0 radical (unpaired) electrons. The number of nitrogens with zero attached hydrogens (tertiary/aromatic N) is 1. The van der Waals surface area contributed by atoms with Crippen molar-refractivity contribution >= 4 is 5.91 Å². The van der Waals surface area contributed by atoms with Crippen molar-refractivity contribution in [2.45, 2.75) is 25.9 Å². The Morgan fingerprint density at radius 1 is 0.867 bits per heavy atom. The van der Waals surface area contributed by atoms with E-state index in [0.29, 0.717) is 17.7 Å². The van der Waals surface area contributed by atoms with Gasteiger partial charge in [0.15, 0.2) is 0 Å². The van der Waals surface area contributed by atoms with Crippen LogP contribution in [0.1, 0.15) is 39.9 Å². The van der Waals surface area contributed by atoms with Gasteiger partial charge in [0, 0.05) is 36.1 Å². The molecule has 1 amide bonds. The third-order valence-electron chi connectivity index (χ3n) is 5.82. The predicted octanol–water partition coefficient (Wildman–Crippen LogP) is 3.33. The minimum absolute atomic E-state index is 0.123. The highest BCUT2D eigenvalue weighted by molar-refractivity contribution is 6.01. The highest BCUT2D eigenvalue weighted by Gasteiger charge is 2.18. The van der Waals surface area contributed by atoms with Gasteiger partial charge in [-0.15, -0.1) is 0 Å². The van der Waals surface area contributed by atoms with Gasteiger partial charge in [-0.05, 0) is 23.3 Å². The van der Waals surface area contributed by atoms with Crippen molar-refractivity contribution < 1.29 is 9.69 Å². The Bertz CT molecular complexity index is 1080. The summed E-state index contributed by atoms with van der Waals surface area (Å²) in [5.41, 5.74) is 5.18. The monoisotopic (exact) mass is 396 g/mol. The molecule has 4 nitrogen and oxygen atoms in total. The number of rotatable bonds is 6. The number of quaternary nitrogens is 1. The minimum atomic E-state index is -0.123. The van der Waals surface area contributed by atoms with Gasteiger partial charge in [-0.2, -0.15) is 5.26 Å². The second-order valence-corrected chi connectivity index (χ2v) is 7.79. The van der Waals surface area contributed by atoms with Crippen molar-refractivity contribution in [2.75, 3.05) is 13.1 Å². The predicted molar refractivity (Wildman–Crippen MR) is 118 cm³/mol. The fourth-order valence-corrected chi connectivity index (χ4v) is 4.23. The van der Waals surface area contributed by atoms with Gasteiger partial charge in [0.2, 0.25) is 0 Å². The van der Waals surface area contributed by atoms with Crippen molar-refractivity contribution in [1.82, 2.24) is 5.32 Å². The standard InChI is InChI=1S/C26H25N3O/c27-17-20-9-3-4-12-23(20)24-13-5-6-14-25(24)26(30)28-18-21-10-1-2-11-22(21)19-29-15-7-8-16-29/h1-6,9-14H,7-8,15-16,18-19H2,(H,28,30)/p+1. The summed E-state index contributed by atoms with van der Waals surface area (Å²) in [6, 6.07) is 25.5. The Labute approximate surface area is 177 Å². The van der Waals surface area contributed by atoms with Crippen molar-refractivity contribution in [1.29, 1.82) is 5.26 Å². The molecule has 0 atom stereocenters. The van der Waals surface area contributed by atoms with E-state index in [9.17, 15) is 10.1 Å². The van der Waals surface area contributed by atoms with E-state index in [0.717, 1.165) is 17.7 Å². The van der Waals surface area contributed by atoms with E-state index >= 15 is 0 Å². The molecule has 0 unspecified atom stereocenters. The molecule has 0 aliphatic carbocycles. The van der Waals surface area contributed by atoms with Gasteiger partial charge in [-0.3, -0.25) is 4.79 Å². The molecule has 1 aliphatic rings. The lowest BCUT2D eigenvalue weighted by Crippen LogP contribution is -3.08. The van der Waals surface area contributed by atoms with E-state index < -0.39 is 0 Å². The van der Waals surface area contributed by atoms with Gasteiger partial charge in [0.25, 0.3) is 5.91 Å². The lowest BCUT2D eigenvalue weighted by atomic mass is 9.95. The number of nitrogens with one attached hydrogen (secondary N) is 2. The number of hydrogen-bond acceptors (Lipinski definition) is 2. The van der Waals surface area contributed by atoms with Gasteiger partial charge in [0.05, 0.1) is 24.7 Å². The van der Waals surface area contributed by atoms with E-state index in [1.54, 1.807) is 11.0 Å². The maximum absolute atomic E-state index is 13.1. The zero-order valence-electron chi connectivity index (χ0n) is 17.0. The SMILES string of the molecule is N#Cc1ccccc1-c1ccccc1C(=O)NCc1ccccc1C[NH+]1CCCC1. The smallest absolute Gasteiger partial charge is 0.252 e. The van der Waals surface area contributed by atoms with E-state index in [2.05, 4.69) is 29.6 Å². The van der Waals surface area contributed by atoms with Crippen molar-refractivity contribution in [3.05, 3.63) is 95.1 Å². The molecular weight excluding hydrogens is 370 g/mol. The number of amides is 1. The summed E-state index contributed by atoms with van der Waals surface area (Å²) in [5.74, 6) is -0.123. The molecule has 3 aromatic carbocycles. The number of hydrogen-bond donors (Lipinski definition) is 2. The zero-order chi connectivity index (χ0) is 20.8. The number of carbonyl (C=O) groups excluding carboxylic acids is 1. The molecule has 4 rings (SSSR count). The summed E-state index contributed by atoms with van der Waals surface area (Å²) >= 11 is 0. The first kappa shape index (κ1) is 19.9. The van der Waals surface area contributed by atoms with Crippen LogP contribution in [0.25, 0.3) is 11.1 Å². The second kappa shape index (κ2) is 9.39. The molecule has 4 heteroatoms. The van der Waals surface area contributed by atoms with Crippen LogP contribution in [0.5, 0.6) is 0 Å². The van der Waals surface area contributed by atoms with Crippen molar-refractivity contribution in [3.63, 3.8) is 0 Å². The average molecular weight is 397 g/mol. The maximum atomic E-state index is 13.1. The highest BCUT2D eigenvalue weighted by atomic mass is 16.1. The summed E-state index contributed by atoms with van der Waals surface area (Å²) < 4.78 is 0. The van der Waals surface area contributed by atoms with E-state index in [-0.39, 0.29) is 5.91 Å². The van der Waals surface area contributed by atoms with E-state index in [4.69, 9.17) is 0 Å². The molecule has 1 fully saturated rings. The third-order valence-corrected chi connectivity index (χ3v) is 5.82. The van der Waals surface area contributed by atoms with Gasteiger partial charge in [-0.1, -0.05) is 60.7 Å². The Hall–Kier alpha value is -3.42. The van der Waals surface area contributed by atoms with Crippen LogP contribution in [0.2, 0.25) is 0 Å². The Morgan fingerprint density at radius 2 is 1.50 bits per heavy atom. The Kier molecular flexibility index (Phi) is 6.22. The fraction of sp³-hybridized carbons (Fsp3) is 0.231. The summed E-state index contributed by atoms with van der Waals surface area (Å²) in [7, 11) is 0. The lowest BCUT2D eigenvalue weighted by molar-refractivity contribution is -0.901. The topological polar surface area (TPSA) is 57.3 Å². The maximum Gasteiger partial charge on any atom is 0.252 e. The van der Waals surface area contributed by atoms with Crippen LogP contribution in [0.4, 0.5) is 0 Å². The number of benzene rings is 3. The largest absolute Gasteiger partial charge is 0.348 e. The van der Waals surface area contributed by atoms with Crippen LogP contribution in [-0.2, 0) is 13.1 Å². The van der Waals surface area contributed by atoms with Crippen LogP contribution < -0.4 is 10.2 Å². The van der Waals surface area contributed by atoms with Crippen LogP contribution >= 0.6 is 0 Å². The summed E-state index contributed by atoms with van der Waals surface area (Å²) in [5, 5.41) is 12.6. The molecule has 0 aromatic heterocycles. The zero-order valence-corrected chi connectivity index (χ0v) is 17.0. The summed E-state index contributed by atoms with van der Waals surface area (Å²) in [6.45, 7) is 3.97. The van der Waals surface area contributed by atoms with Crippen molar-refractivity contribution in [3.8, 4) is 17.2 Å². The molecule has 2 N–H and O–H groups in total. The number of carbonyl (C=O) groups is 1. The van der Waals surface area contributed by atoms with E-state index in [1.807, 2.05) is 48.5 Å². The molecule has 1 aliphatic heterocycles. The van der Waals surface area contributed by atoms with Crippen LogP contribution in [0, 0.1) is 11.3 Å². The normalized spacial score (nSPS) is 13.7. The quantitative estimate of drug-likeness (QED) is 0.671. The van der Waals surface area contributed by atoms with Gasteiger partial charge in [-0.25, -0.2) is 0 Å². The average Bonchev–Trinajstić information content (AvgIpc) is 3.31. The fourth-order valence-electron chi connectivity index (χ4n) is 4.23. The van der Waals surface area contributed by atoms with Crippen LogP contribution in [0.3, 0.4) is 0 Å². The first-order chi connectivity index (χ1) is 14.8. The molecule has 3 aromatic rings. The van der Waals surface area contributed by atoms with Crippen LogP contribution in [0.15, 0.2) is 72.8 Å². The summed E-state index contributed by atoms with van der Waals surface area (Å²) in [6.07, 6.45) is 2.60. The molecule has 0 saturated carbocycles. The molecule has 0 bridgehead atoms. The molecule has 1 saturated heterocycles. The van der Waals surface area contributed by atoms with E-state index in [1.165, 1.54) is 37.1 Å². The highest BCUT2D eigenvalue weighted by Crippen LogP contribution is 2.27. The lowest BCUT2D eigenvalue weighted by Gasteiger charge is -2.16.